The molecule has 0 aromatic rings. The van der Waals surface area contributed by atoms with Crippen molar-refractivity contribution in [2.45, 2.75) is 13.3 Å². The zero-order chi connectivity index (χ0) is 9.10. The van der Waals surface area contributed by atoms with E-state index in [2.05, 4.69) is 25.5 Å². The van der Waals surface area contributed by atoms with Crippen LogP contribution in [0.4, 0.5) is 0 Å². The highest BCUT2D eigenvalue weighted by atomic mass is 17.2. The Morgan fingerprint density at radius 2 is 2.38 bits per heavy atom. The highest BCUT2D eigenvalue weighted by molar-refractivity contribution is 6.57. The summed E-state index contributed by atoms with van der Waals surface area (Å²) in [6.45, 7) is 3.06. The smallest absolute Gasteiger partial charge is 0.189 e. The third-order valence-corrected chi connectivity index (χ3v) is 2.13. The molecule has 1 radical (unpaired) electrons. The Balaban J connectivity index is 1.80. The molecule has 1 aliphatic heterocycles. The van der Waals surface area contributed by atoms with Gasteiger partial charge in [0.15, 0.2) is 7.28 Å². The van der Waals surface area contributed by atoms with E-state index in [9.17, 15) is 0 Å². The van der Waals surface area contributed by atoms with Crippen molar-refractivity contribution in [2.75, 3.05) is 13.2 Å². The molecule has 2 rings (SSSR count). The van der Waals surface area contributed by atoms with Gasteiger partial charge in [0.2, 0.25) is 0 Å². The van der Waals surface area contributed by atoms with Crippen LogP contribution in [0.3, 0.4) is 0 Å². The molecule has 0 N–H and O–H groups in total. The van der Waals surface area contributed by atoms with Crippen molar-refractivity contribution >= 4 is 7.28 Å². The summed E-state index contributed by atoms with van der Waals surface area (Å²) >= 11 is 0. The quantitative estimate of drug-likeness (QED) is 0.280. The molecule has 1 heterocycles. The van der Waals surface area contributed by atoms with E-state index in [0.29, 0.717) is 13.2 Å². The molecule has 0 spiro atoms. The lowest BCUT2D eigenvalue weighted by Crippen LogP contribution is -2.04. The van der Waals surface area contributed by atoms with Crippen LogP contribution in [0.5, 0.6) is 0 Å². The van der Waals surface area contributed by atoms with Crippen molar-refractivity contribution in [1.82, 2.24) is 0 Å². The Hall–Kier alpha value is -0.795. The summed E-state index contributed by atoms with van der Waals surface area (Å²) in [6, 6.07) is 0. The first-order valence-corrected chi connectivity index (χ1v) is 4.59. The Labute approximate surface area is 79.1 Å². The normalized spacial score (nSPS) is 19.0. The Kier molecular flexibility index (Phi) is 2.66. The average Bonchev–Trinajstić information content (AvgIpc) is 2.64. The Bertz CT molecular complexity index is 289. The maximum absolute atomic E-state index is 4.98. The van der Waals surface area contributed by atoms with Crippen LogP contribution in [-0.4, -0.2) is 20.5 Å². The summed E-state index contributed by atoms with van der Waals surface area (Å²) in [7, 11) is 2.15. The SMILES string of the molecule is CCOOCC1=CC2=C([B]1)C=CC2. The van der Waals surface area contributed by atoms with Crippen LogP contribution in [0, 0.1) is 0 Å². The third kappa shape index (κ3) is 1.93. The molecule has 2 aliphatic rings. The van der Waals surface area contributed by atoms with E-state index in [-0.39, 0.29) is 0 Å². The number of hydrogen-bond donors (Lipinski definition) is 0. The van der Waals surface area contributed by atoms with E-state index in [4.69, 9.17) is 9.78 Å². The van der Waals surface area contributed by atoms with Crippen LogP contribution >= 0.6 is 0 Å². The van der Waals surface area contributed by atoms with Gasteiger partial charge in [-0.2, -0.15) is 0 Å². The van der Waals surface area contributed by atoms with Gasteiger partial charge in [-0.25, -0.2) is 9.78 Å². The fourth-order valence-corrected chi connectivity index (χ4v) is 1.56. The summed E-state index contributed by atoms with van der Waals surface area (Å²) in [6.07, 6.45) is 7.57. The minimum absolute atomic E-state index is 0.550. The first-order valence-electron chi connectivity index (χ1n) is 4.59. The van der Waals surface area contributed by atoms with Gasteiger partial charge in [-0.15, -0.1) is 0 Å². The molecule has 0 aromatic heterocycles. The third-order valence-electron chi connectivity index (χ3n) is 2.13. The lowest BCUT2D eigenvalue weighted by Gasteiger charge is -2.02. The first kappa shape index (κ1) is 8.79. The van der Waals surface area contributed by atoms with Gasteiger partial charge in [-0.3, -0.25) is 0 Å². The molecule has 0 saturated heterocycles. The molecule has 0 saturated carbocycles. The van der Waals surface area contributed by atoms with E-state index >= 15 is 0 Å². The molecule has 0 aromatic carbocycles. The van der Waals surface area contributed by atoms with Gasteiger partial charge in [0, 0.05) is 0 Å². The summed E-state index contributed by atoms with van der Waals surface area (Å²) < 4.78 is 0. The zero-order valence-corrected chi connectivity index (χ0v) is 7.75. The van der Waals surface area contributed by atoms with Crippen molar-refractivity contribution in [1.29, 1.82) is 0 Å². The standard InChI is InChI=1S/C10H12BO2/c1-2-12-13-7-9-6-8-4-3-5-10(8)11-9/h3,5-6H,2,4,7H2,1H3. The molecule has 0 amide bonds. The predicted molar refractivity (Wildman–Crippen MR) is 52.2 cm³/mol. The summed E-state index contributed by atoms with van der Waals surface area (Å²) in [4.78, 5) is 9.80. The molecule has 0 atom stereocenters. The maximum atomic E-state index is 4.98. The van der Waals surface area contributed by atoms with Gasteiger partial charge in [0.05, 0.1) is 13.2 Å². The molecule has 0 bridgehead atoms. The minimum atomic E-state index is 0.550. The van der Waals surface area contributed by atoms with Gasteiger partial charge < -0.3 is 0 Å². The second-order valence-electron chi connectivity index (χ2n) is 3.12. The van der Waals surface area contributed by atoms with Crippen LogP contribution in [0.15, 0.2) is 34.7 Å². The summed E-state index contributed by atoms with van der Waals surface area (Å²) in [5.41, 5.74) is 3.92. The molecule has 13 heavy (non-hydrogen) atoms. The number of rotatable bonds is 4. The average molecular weight is 175 g/mol. The van der Waals surface area contributed by atoms with Crippen LogP contribution < -0.4 is 0 Å². The maximum Gasteiger partial charge on any atom is 0.189 e. The molecule has 3 heteroatoms. The van der Waals surface area contributed by atoms with Crippen molar-refractivity contribution in [3.63, 3.8) is 0 Å². The first-order chi connectivity index (χ1) is 6.40. The van der Waals surface area contributed by atoms with Crippen molar-refractivity contribution in [2.24, 2.45) is 0 Å². The highest BCUT2D eigenvalue weighted by Gasteiger charge is 2.17. The van der Waals surface area contributed by atoms with Gasteiger partial charge >= 0.3 is 0 Å². The van der Waals surface area contributed by atoms with E-state index in [1.807, 2.05) is 6.92 Å². The second-order valence-corrected chi connectivity index (χ2v) is 3.12. The number of hydrogen-bond acceptors (Lipinski definition) is 2. The van der Waals surface area contributed by atoms with Gasteiger partial charge in [-0.1, -0.05) is 34.7 Å². The lowest BCUT2D eigenvalue weighted by molar-refractivity contribution is -0.283. The largest absolute Gasteiger partial charge is 0.237 e. The molecule has 1 aliphatic carbocycles. The molecule has 0 fully saturated rings. The van der Waals surface area contributed by atoms with E-state index in [0.717, 1.165) is 6.42 Å². The fourth-order valence-electron chi connectivity index (χ4n) is 1.56. The minimum Gasteiger partial charge on any atom is -0.237 e. The second kappa shape index (κ2) is 3.94. The number of allylic oxidation sites excluding steroid dienone is 5. The van der Waals surface area contributed by atoms with E-state index < -0.39 is 0 Å². The van der Waals surface area contributed by atoms with E-state index in [1.165, 1.54) is 16.5 Å². The van der Waals surface area contributed by atoms with Gasteiger partial charge in [-0.05, 0) is 13.3 Å². The monoisotopic (exact) mass is 175 g/mol. The van der Waals surface area contributed by atoms with Crippen molar-refractivity contribution in [3.8, 4) is 0 Å². The summed E-state index contributed by atoms with van der Waals surface area (Å²) in [5, 5.41) is 0. The zero-order valence-electron chi connectivity index (χ0n) is 7.75. The topological polar surface area (TPSA) is 18.5 Å². The van der Waals surface area contributed by atoms with Crippen LogP contribution in [0.25, 0.3) is 0 Å². The molecule has 0 unspecified atom stereocenters. The van der Waals surface area contributed by atoms with Gasteiger partial charge in [0.1, 0.15) is 0 Å². The van der Waals surface area contributed by atoms with Crippen LogP contribution in [0.2, 0.25) is 0 Å². The van der Waals surface area contributed by atoms with Gasteiger partial charge in [0.25, 0.3) is 0 Å². The van der Waals surface area contributed by atoms with Crippen molar-refractivity contribution < 1.29 is 9.78 Å². The summed E-state index contributed by atoms with van der Waals surface area (Å²) in [5.74, 6) is 0. The Morgan fingerprint density at radius 1 is 1.46 bits per heavy atom. The van der Waals surface area contributed by atoms with E-state index in [1.54, 1.807) is 0 Å². The lowest BCUT2D eigenvalue weighted by atomic mass is 9.66. The van der Waals surface area contributed by atoms with Crippen molar-refractivity contribution in [3.05, 3.63) is 34.7 Å². The van der Waals surface area contributed by atoms with Crippen LogP contribution in [0.1, 0.15) is 13.3 Å². The predicted octanol–water partition coefficient (Wildman–Crippen LogP) is 1.77. The molecule has 2 nitrogen and oxygen atoms in total. The molecule has 67 valence electrons. The molecular formula is C10H12BO2. The highest BCUT2D eigenvalue weighted by Crippen LogP contribution is 2.27. The van der Waals surface area contributed by atoms with Crippen LogP contribution in [-0.2, 0) is 9.78 Å². The Morgan fingerprint density at radius 3 is 3.15 bits per heavy atom. The fraction of sp³-hybridized carbons (Fsp3) is 0.400. The molecular weight excluding hydrogens is 163 g/mol.